The number of hydrogen-bond acceptors (Lipinski definition) is 4. The Morgan fingerprint density at radius 2 is 1.79 bits per heavy atom. The maximum absolute atomic E-state index is 12.3. The molecule has 0 saturated heterocycles. The molecule has 0 bridgehead atoms. The first-order chi connectivity index (χ1) is 15.9. The van der Waals surface area contributed by atoms with Crippen LogP contribution in [0.3, 0.4) is 0 Å². The molecule has 3 rings (SSSR count). The van der Waals surface area contributed by atoms with Crippen LogP contribution in [0.4, 0.5) is 0 Å². The number of carbonyl (C=O) groups excluding carboxylic acids is 1. The number of benzene rings is 3. The number of aryl methyl sites for hydroxylation is 2. The van der Waals surface area contributed by atoms with Gasteiger partial charge in [0, 0.05) is 4.47 Å². The highest BCUT2D eigenvalue weighted by atomic mass is 79.9. The number of carbonyl (C=O) groups is 1. The van der Waals surface area contributed by atoms with Crippen molar-refractivity contribution in [3.8, 4) is 11.5 Å². The quantitative estimate of drug-likeness (QED) is 0.235. The predicted octanol–water partition coefficient (Wildman–Crippen LogP) is 6.50. The molecule has 5 nitrogen and oxygen atoms in total. The van der Waals surface area contributed by atoms with E-state index in [0.717, 1.165) is 31.2 Å². The third kappa shape index (κ3) is 7.44. The second kappa shape index (κ2) is 12.0. The number of rotatable bonds is 9. The summed E-state index contributed by atoms with van der Waals surface area (Å²) in [5.74, 6) is 1.06. The zero-order valence-corrected chi connectivity index (χ0v) is 22.0. The molecule has 7 heteroatoms. The van der Waals surface area contributed by atoms with Gasteiger partial charge in [-0.1, -0.05) is 51.8 Å². The maximum atomic E-state index is 12.3. The smallest absolute Gasteiger partial charge is 0.244 e. The van der Waals surface area contributed by atoms with Crippen LogP contribution in [0.5, 0.6) is 11.5 Å². The van der Waals surface area contributed by atoms with Crippen LogP contribution in [-0.4, -0.2) is 18.7 Å². The predicted molar refractivity (Wildman–Crippen MR) is 139 cm³/mol. The van der Waals surface area contributed by atoms with Crippen LogP contribution < -0.4 is 14.9 Å². The van der Waals surface area contributed by atoms with Crippen LogP contribution in [0.2, 0.25) is 0 Å². The molecule has 0 saturated carbocycles. The van der Waals surface area contributed by atoms with E-state index in [9.17, 15) is 4.79 Å². The molecule has 3 aromatic rings. The van der Waals surface area contributed by atoms with E-state index in [4.69, 9.17) is 9.47 Å². The summed E-state index contributed by atoms with van der Waals surface area (Å²) in [5.41, 5.74) is 7.67. The Morgan fingerprint density at radius 1 is 1.03 bits per heavy atom. The van der Waals surface area contributed by atoms with Gasteiger partial charge in [-0.25, -0.2) is 5.43 Å². The average molecular weight is 574 g/mol. The summed E-state index contributed by atoms with van der Waals surface area (Å²) >= 11 is 7.01. The van der Waals surface area contributed by atoms with E-state index in [2.05, 4.69) is 48.5 Å². The van der Waals surface area contributed by atoms with Crippen molar-refractivity contribution in [1.29, 1.82) is 0 Å². The van der Waals surface area contributed by atoms with Gasteiger partial charge in [0.1, 0.15) is 6.61 Å². The van der Waals surface area contributed by atoms with Gasteiger partial charge in [0.2, 0.25) is 5.91 Å². The molecule has 33 heavy (non-hydrogen) atoms. The molecule has 0 radical (unpaired) electrons. The van der Waals surface area contributed by atoms with E-state index in [1.54, 1.807) is 6.21 Å². The van der Waals surface area contributed by atoms with Crippen LogP contribution in [0.25, 0.3) is 0 Å². The summed E-state index contributed by atoms with van der Waals surface area (Å²) in [7, 11) is 0. The van der Waals surface area contributed by atoms with Gasteiger partial charge in [-0.3, -0.25) is 4.79 Å². The van der Waals surface area contributed by atoms with E-state index in [0.29, 0.717) is 24.7 Å². The molecular formula is C26H26Br2N2O3. The van der Waals surface area contributed by atoms with Gasteiger partial charge in [-0.15, -0.1) is 0 Å². The topological polar surface area (TPSA) is 59.9 Å². The molecule has 0 atom stereocenters. The molecule has 172 valence electrons. The highest BCUT2D eigenvalue weighted by Crippen LogP contribution is 2.37. The lowest BCUT2D eigenvalue weighted by Crippen LogP contribution is -2.20. The van der Waals surface area contributed by atoms with Gasteiger partial charge in [0.15, 0.2) is 11.5 Å². The summed E-state index contributed by atoms with van der Waals surface area (Å²) in [4.78, 5) is 12.3. The lowest BCUT2D eigenvalue weighted by atomic mass is 10.0. The molecule has 1 amide bonds. The van der Waals surface area contributed by atoms with E-state index in [1.165, 1.54) is 5.56 Å². The molecule has 0 aliphatic carbocycles. The SMILES string of the molecule is CCOc1cc(/C=N\NC(=O)Cc2ccc(C)cc2C)cc(Br)c1OCc1ccc(Br)cc1. The van der Waals surface area contributed by atoms with Crippen molar-refractivity contribution in [3.63, 3.8) is 0 Å². The summed E-state index contributed by atoms with van der Waals surface area (Å²) in [6.45, 7) is 6.86. The monoisotopic (exact) mass is 572 g/mol. The molecule has 0 unspecified atom stereocenters. The molecule has 0 aliphatic rings. The molecular weight excluding hydrogens is 548 g/mol. The van der Waals surface area contributed by atoms with Crippen molar-refractivity contribution in [3.05, 3.63) is 91.4 Å². The van der Waals surface area contributed by atoms with E-state index in [1.807, 2.05) is 69.3 Å². The highest BCUT2D eigenvalue weighted by molar-refractivity contribution is 9.10. The minimum Gasteiger partial charge on any atom is -0.490 e. The van der Waals surface area contributed by atoms with Gasteiger partial charge < -0.3 is 9.47 Å². The molecule has 1 N–H and O–H groups in total. The minimum atomic E-state index is -0.170. The third-order valence-corrected chi connectivity index (χ3v) is 6.00. The Bertz CT molecular complexity index is 1150. The van der Waals surface area contributed by atoms with Crippen molar-refractivity contribution < 1.29 is 14.3 Å². The van der Waals surface area contributed by atoms with Crippen molar-refractivity contribution in [1.82, 2.24) is 5.43 Å². The fourth-order valence-electron chi connectivity index (χ4n) is 3.24. The molecule has 0 aliphatic heterocycles. The van der Waals surface area contributed by atoms with Crippen LogP contribution in [-0.2, 0) is 17.8 Å². The number of hydrogen-bond donors (Lipinski definition) is 1. The summed E-state index contributed by atoms with van der Waals surface area (Å²) in [5, 5.41) is 4.11. The average Bonchev–Trinajstić information content (AvgIpc) is 2.76. The maximum Gasteiger partial charge on any atom is 0.244 e. The van der Waals surface area contributed by atoms with Gasteiger partial charge >= 0.3 is 0 Å². The van der Waals surface area contributed by atoms with Gasteiger partial charge in [-0.05, 0) is 83.2 Å². The number of amides is 1. The molecule has 3 aromatic carbocycles. The fraction of sp³-hybridized carbons (Fsp3) is 0.231. The molecule has 0 heterocycles. The highest BCUT2D eigenvalue weighted by Gasteiger charge is 2.12. The number of hydrazone groups is 1. The second-order valence-corrected chi connectivity index (χ2v) is 9.35. The second-order valence-electron chi connectivity index (χ2n) is 7.58. The molecule has 0 spiro atoms. The summed E-state index contributed by atoms with van der Waals surface area (Å²) in [6.07, 6.45) is 1.87. The lowest BCUT2D eigenvalue weighted by molar-refractivity contribution is -0.120. The molecule has 0 fully saturated rings. The first-order valence-corrected chi connectivity index (χ1v) is 12.2. The van der Waals surface area contributed by atoms with Crippen molar-refractivity contribution in [2.45, 2.75) is 33.8 Å². The summed E-state index contributed by atoms with van der Waals surface area (Å²) in [6, 6.07) is 17.7. The van der Waals surface area contributed by atoms with E-state index < -0.39 is 0 Å². The first-order valence-electron chi connectivity index (χ1n) is 10.6. The molecule has 0 aromatic heterocycles. The van der Waals surface area contributed by atoms with Gasteiger partial charge in [-0.2, -0.15) is 5.10 Å². The van der Waals surface area contributed by atoms with Crippen LogP contribution >= 0.6 is 31.9 Å². The Kier molecular flexibility index (Phi) is 9.09. The summed E-state index contributed by atoms with van der Waals surface area (Å²) < 4.78 is 13.6. The van der Waals surface area contributed by atoms with Crippen LogP contribution in [0.1, 0.15) is 34.7 Å². The van der Waals surface area contributed by atoms with Gasteiger partial charge in [0.05, 0.1) is 23.7 Å². The third-order valence-electron chi connectivity index (χ3n) is 4.88. The van der Waals surface area contributed by atoms with Crippen LogP contribution in [0, 0.1) is 13.8 Å². The largest absolute Gasteiger partial charge is 0.490 e. The lowest BCUT2D eigenvalue weighted by Gasteiger charge is -2.14. The van der Waals surface area contributed by atoms with Crippen molar-refractivity contribution >= 4 is 44.0 Å². The van der Waals surface area contributed by atoms with E-state index in [-0.39, 0.29) is 12.3 Å². The Morgan fingerprint density at radius 3 is 2.48 bits per heavy atom. The Labute approximate surface area is 211 Å². The fourth-order valence-corrected chi connectivity index (χ4v) is 4.08. The number of halogens is 2. The zero-order valence-electron chi connectivity index (χ0n) is 18.8. The number of nitrogens with one attached hydrogen (secondary N) is 1. The van der Waals surface area contributed by atoms with Crippen molar-refractivity contribution in [2.24, 2.45) is 5.10 Å². The Balaban J connectivity index is 1.66. The normalized spacial score (nSPS) is 10.9. The van der Waals surface area contributed by atoms with Crippen LogP contribution in [0.15, 0.2) is 68.6 Å². The number of nitrogens with zero attached hydrogens (tertiary/aromatic N) is 1. The number of ether oxygens (including phenoxy) is 2. The zero-order chi connectivity index (χ0) is 23.8. The van der Waals surface area contributed by atoms with Crippen molar-refractivity contribution in [2.75, 3.05) is 6.61 Å². The van der Waals surface area contributed by atoms with Gasteiger partial charge in [0.25, 0.3) is 0 Å². The van der Waals surface area contributed by atoms with E-state index >= 15 is 0 Å². The first kappa shape index (κ1) is 25.0. The minimum absolute atomic E-state index is 0.170. The Hall–Kier alpha value is -2.64. The standard InChI is InChI=1S/C26H26Br2N2O3/c1-4-32-24-13-20(12-23(28)26(24)33-16-19-6-9-22(27)10-7-19)15-29-30-25(31)14-21-8-5-17(2)11-18(21)3/h5-13,15H,4,14,16H2,1-3H3,(H,30,31)/b29-15-.